The molecule has 0 radical (unpaired) electrons. The van der Waals surface area contributed by atoms with Gasteiger partial charge in [0.25, 0.3) is 5.91 Å². The molecule has 4 fully saturated rings. The number of hydrogen-bond donors (Lipinski definition) is 0. The number of likely N-dealkylation sites (tertiary alicyclic amines) is 1. The summed E-state index contributed by atoms with van der Waals surface area (Å²) in [6.45, 7) is 5.26. The number of nitrogens with zero attached hydrogens (tertiary/aromatic N) is 3. The van der Waals surface area contributed by atoms with Gasteiger partial charge in [0.1, 0.15) is 5.69 Å². The first-order valence-corrected chi connectivity index (χ1v) is 10.6. The van der Waals surface area contributed by atoms with E-state index in [2.05, 4.69) is 26.9 Å². The number of fused-ring (bicyclic) bond motifs is 3. The van der Waals surface area contributed by atoms with Gasteiger partial charge in [-0.1, -0.05) is 12.1 Å². The van der Waals surface area contributed by atoms with Crippen molar-refractivity contribution in [2.24, 2.45) is 5.92 Å². The molecule has 1 aromatic heterocycles. The van der Waals surface area contributed by atoms with Crippen LogP contribution in [0.2, 0.25) is 0 Å². The van der Waals surface area contributed by atoms with Crippen LogP contribution in [0.5, 0.6) is 11.5 Å². The zero-order chi connectivity index (χ0) is 19.5. The normalized spacial score (nSPS) is 31.8. The molecule has 1 amide bonds. The number of rotatable bonds is 2. The lowest BCUT2D eigenvalue weighted by molar-refractivity contribution is -0.00361. The van der Waals surface area contributed by atoms with Crippen LogP contribution in [0, 0.1) is 12.8 Å². The van der Waals surface area contributed by atoms with Crippen molar-refractivity contribution in [2.75, 3.05) is 26.4 Å². The fraction of sp³-hybridized carbons (Fsp3) is 0.478. The minimum atomic E-state index is 0.0788. The number of benzene rings is 1. The predicted molar refractivity (Wildman–Crippen MR) is 107 cm³/mol. The van der Waals surface area contributed by atoms with Gasteiger partial charge in [0.2, 0.25) is 6.79 Å². The summed E-state index contributed by atoms with van der Waals surface area (Å²) in [5.41, 5.74) is 2.78. The molecule has 0 N–H and O–H groups in total. The number of amides is 1. The van der Waals surface area contributed by atoms with Gasteiger partial charge in [0, 0.05) is 24.7 Å². The third kappa shape index (κ3) is 2.58. The molecule has 2 bridgehead atoms. The van der Waals surface area contributed by atoms with Gasteiger partial charge in [0.05, 0.1) is 6.04 Å². The third-order valence-electron chi connectivity index (χ3n) is 7.29. The van der Waals surface area contributed by atoms with Gasteiger partial charge in [-0.15, -0.1) is 0 Å². The molecule has 6 nitrogen and oxygen atoms in total. The predicted octanol–water partition coefficient (Wildman–Crippen LogP) is 2.82. The Morgan fingerprint density at radius 3 is 2.76 bits per heavy atom. The van der Waals surface area contributed by atoms with Crippen LogP contribution in [-0.2, 0) is 0 Å². The molecule has 3 atom stereocenters. The van der Waals surface area contributed by atoms with Gasteiger partial charge in [0.15, 0.2) is 11.5 Å². The van der Waals surface area contributed by atoms with Gasteiger partial charge in [-0.3, -0.25) is 14.7 Å². The lowest BCUT2D eigenvalue weighted by Gasteiger charge is -2.51. The van der Waals surface area contributed by atoms with Crippen LogP contribution in [-0.4, -0.2) is 59.2 Å². The monoisotopic (exact) mass is 391 g/mol. The number of carbonyl (C=O) groups excluding carboxylic acids is 1. The number of aromatic nitrogens is 1. The summed E-state index contributed by atoms with van der Waals surface area (Å²) in [5.74, 6) is 2.57. The Kier molecular flexibility index (Phi) is 3.85. The van der Waals surface area contributed by atoms with E-state index in [4.69, 9.17) is 9.47 Å². The van der Waals surface area contributed by atoms with Crippen LogP contribution in [0.15, 0.2) is 36.5 Å². The van der Waals surface area contributed by atoms with E-state index in [9.17, 15) is 4.79 Å². The number of piperidine rings is 3. The molecular formula is C23H25N3O3. The molecule has 7 rings (SSSR count). The van der Waals surface area contributed by atoms with Crippen molar-refractivity contribution in [1.29, 1.82) is 0 Å². The Bertz CT molecular complexity index is 970. The van der Waals surface area contributed by atoms with Crippen LogP contribution in [0.3, 0.4) is 0 Å². The molecule has 5 aliphatic heterocycles. The summed E-state index contributed by atoms with van der Waals surface area (Å²) in [6.07, 6.45) is 4.08. The summed E-state index contributed by atoms with van der Waals surface area (Å²) in [6, 6.07) is 10.8. The van der Waals surface area contributed by atoms with E-state index in [1.54, 1.807) is 6.20 Å². The first kappa shape index (κ1) is 17.3. The van der Waals surface area contributed by atoms with Crippen LogP contribution in [0.4, 0.5) is 0 Å². The maximum atomic E-state index is 13.6. The second kappa shape index (κ2) is 6.46. The number of ether oxygens (including phenoxy) is 2. The Morgan fingerprint density at radius 1 is 1.10 bits per heavy atom. The van der Waals surface area contributed by atoms with Crippen LogP contribution >= 0.6 is 0 Å². The summed E-state index contributed by atoms with van der Waals surface area (Å²) in [5, 5.41) is 0. The Hall–Kier alpha value is -2.60. The zero-order valence-corrected chi connectivity index (χ0v) is 16.6. The number of pyridine rings is 1. The highest BCUT2D eigenvalue weighted by molar-refractivity contribution is 5.94. The lowest BCUT2D eigenvalue weighted by atomic mass is 9.75. The van der Waals surface area contributed by atoms with Crippen molar-refractivity contribution in [2.45, 2.75) is 37.8 Å². The molecule has 6 heterocycles. The van der Waals surface area contributed by atoms with Crippen LogP contribution < -0.4 is 9.47 Å². The standard InChI is InChI=1S/C23H25N3O3/c1-14-3-2-8-24-20(14)23(27)26-12-17(16-4-5-18-19(11-16)29-13-28-18)22-21(26)15-6-9-25(22)10-7-15/h2-5,8,11,15,17,21-22H,6-7,9-10,12-13H2,1H3/t17-,21+,22+/m0/s1. The van der Waals surface area contributed by atoms with E-state index < -0.39 is 0 Å². The first-order valence-electron chi connectivity index (χ1n) is 10.6. The van der Waals surface area contributed by atoms with Crippen LogP contribution in [0.25, 0.3) is 0 Å². The molecule has 5 aliphatic rings. The Balaban J connectivity index is 1.39. The van der Waals surface area contributed by atoms with Gasteiger partial charge in [-0.2, -0.15) is 0 Å². The summed E-state index contributed by atoms with van der Waals surface area (Å²) in [4.78, 5) is 22.7. The van der Waals surface area contributed by atoms with E-state index in [-0.39, 0.29) is 24.7 Å². The molecule has 29 heavy (non-hydrogen) atoms. The van der Waals surface area contributed by atoms with Crippen molar-refractivity contribution in [3.63, 3.8) is 0 Å². The first-order chi connectivity index (χ1) is 14.2. The quantitative estimate of drug-likeness (QED) is 0.788. The van der Waals surface area contributed by atoms with Gasteiger partial charge in [-0.05, 0) is 68.1 Å². The minimum absolute atomic E-state index is 0.0788. The lowest BCUT2D eigenvalue weighted by Crippen LogP contribution is -2.60. The second-order valence-corrected chi connectivity index (χ2v) is 8.70. The second-order valence-electron chi connectivity index (χ2n) is 8.70. The van der Waals surface area contributed by atoms with Crippen LogP contribution in [0.1, 0.15) is 40.4 Å². The van der Waals surface area contributed by atoms with E-state index in [1.165, 1.54) is 18.4 Å². The number of hydrogen-bond acceptors (Lipinski definition) is 5. The van der Waals surface area contributed by atoms with E-state index >= 15 is 0 Å². The molecule has 0 aliphatic carbocycles. The highest BCUT2D eigenvalue weighted by atomic mass is 16.7. The molecule has 0 spiro atoms. The van der Waals surface area contributed by atoms with Gasteiger partial charge in [-0.25, -0.2) is 0 Å². The zero-order valence-electron chi connectivity index (χ0n) is 16.6. The largest absolute Gasteiger partial charge is 0.454 e. The number of aryl methyl sites for hydroxylation is 1. The fourth-order valence-electron chi connectivity index (χ4n) is 5.94. The molecule has 2 aromatic rings. The maximum absolute atomic E-state index is 13.6. The third-order valence-corrected chi connectivity index (χ3v) is 7.29. The molecular weight excluding hydrogens is 366 g/mol. The van der Waals surface area contributed by atoms with Crippen molar-refractivity contribution in [1.82, 2.24) is 14.8 Å². The minimum Gasteiger partial charge on any atom is -0.454 e. The Morgan fingerprint density at radius 2 is 1.93 bits per heavy atom. The fourth-order valence-corrected chi connectivity index (χ4v) is 5.94. The molecule has 0 unspecified atom stereocenters. The molecule has 150 valence electrons. The topological polar surface area (TPSA) is 54.9 Å². The van der Waals surface area contributed by atoms with Gasteiger partial charge >= 0.3 is 0 Å². The van der Waals surface area contributed by atoms with E-state index in [0.717, 1.165) is 36.7 Å². The number of carbonyl (C=O) groups is 1. The van der Waals surface area contributed by atoms with Crippen molar-refractivity contribution in [3.8, 4) is 11.5 Å². The van der Waals surface area contributed by atoms with E-state index in [0.29, 0.717) is 17.7 Å². The summed E-state index contributed by atoms with van der Waals surface area (Å²) < 4.78 is 11.1. The maximum Gasteiger partial charge on any atom is 0.273 e. The SMILES string of the molecule is Cc1cccnc1C(=O)N1C[C@@H](c2ccc3c(c2)OCO3)[C@@H]2[C@H]1C1CCN2CC1. The van der Waals surface area contributed by atoms with Crippen molar-refractivity contribution in [3.05, 3.63) is 53.3 Å². The van der Waals surface area contributed by atoms with E-state index in [1.807, 2.05) is 25.1 Å². The highest BCUT2D eigenvalue weighted by Crippen LogP contribution is 2.48. The van der Waals surface area contributed by atoms with Gasteiger partial charge < -0.3 is 14.4 Å². The highest BCUT2D eigenvalue weighted by Gasteiger charge is 2.55. The van der Waals surface area contributed by atoms with Crippen molar-refractivity contribution < 1.29 is 14.3 Å². The Labute approximate surface area is 170 Å². The molecule has 1 aromatic carbocycles. The molecule has 4 saturated heterocycles. The smallest absolute Gasteiger partial charge is 0.273 e. The summed E-state index contributed by atoms with van der Waals surface area (Å²) in [7, 11) is 0. The molecule has 6 heteroatoms. The van der Waals surface area contributed by atoms with Crippen molar-refractivity contribution >= 4 is 5.91 Å². The molecule has 0 saturated carbocycles. The average Bonchev–Trinajstić information content (AvgIpc) is 3.40. The average molecular weight is 391 g/mol. The summed E-state index contributed by atoms with van der Waals surface area (Å²) >= 11 is 0.